The van der Waals surface area contributed by atoms with E-state index in [1.54, 1.807) is 6.07 Å². The molecule has 0 aliphatic rings. The fourth-order valence-electron chi connectivity index (χ4n) is 3.66. The summed E-state index contributed by atoms with van der Waals surface area (Å²) in [6.07, 6.45) is 0.944. The van der Waals surface area contributed by atoms with Crippen molar-refractivity contribution in [2.75, 3.05) is 0 Å². The molecule has 1 unspecified atom stereocenters. The highest BCUT2D eigenvalue weighted by atomic mass is 16.5. The summed E-state index contributed by atoms with van der Waals surface area (Å²) in [5, 5.41) is 12.2. The summed E-state index contributed by atoms with van der Waals surface area (Å²) in [6, 6.07) is 18.4. The van der Waals surface area contributed by atoms with Crippen LogP contribution < -0.4 is 10.1 Å². The Bertz CT molecular complexity index is 1070. The van der Waals surface area contributed by atoms with Gasteiger partial charge in [0.25, 0.3) is 5.91 Å². The minimum Gasteiger partial charge on any atom is -0.489 e. The molecule has 3 aromatic rings. The van der Waals surface area contributed by atoms with Gasteiger partial charge >= 0.3 is 5.97 Å². The lowest BCUT2D eigenvalue weighted by Crippen LogP contribution is -2.30. The lowest BCUT2D eigenvalue weighted by atomic mass is 9.97. The van der Waals surface area contributed by atoms with E-state index in [-0.39, 0.29) is 24.8 Å². The first-order valence-electron chi connectivity index (χ1n) is 11.2. The van der Waals surface area contributed by atoms with Crippen molar-refractivity contribution in [3.05, 3.63) is 88.9 Å². The molecule has 0 aliphatic carbocycles. The van der Waals surface area contributed by atoms with Crippen molar-refractivity contribution in [3.8, 4) is 5.75 Å². The number of carbonyl (C=O) groups is 2. The van der Waals surface area contributed by atoms with Crippen molar-refractivity contribution in [1.29, 1.82) is 0 Å². The van der Waals surface area contributed by atoms with Gasteiger partial charge in [-0.2, -0.15) is 0 Å². The third kappa shape index (κ3) is 7.24. The highest BCUT2D eigenvalue weighted by molar-refractivity contribution is 5.96. The zero-order valence-corrected chi connectivity index (χ0v) is 19.3. The third-order valence-electron chi connectivity index (χ3n) is 5.29. The van der Waals surface area contributed by atoms with E-state index in [0.717, 1.165) is 23.5 Å². The number of aliphatic carboxylic acids is 1. The van der Waals surface area contributed by atoms with Gasteiger partial charge in [0.2, 0.25) is 0 Å². The van der Waals surface area contributed by atoms with Crippen LogP contribution in [-0.4, -0.2) is 17.0 Å². The molecule has 6 heteroatoms. The van der Waals surface area contributed by atoms with E-state index in [0.29, 0.717) is 29.4 Å². The Labute approximate surface area is 194 Å². The van der Waals surface area contributed by atoms with E-state index >= 15 is 0 Å². The van der Waals surface area contributed by atoms with Crippen molar-refractivity contribution in [2.45, 2.75) is 52.7 Å². The van der Waals surface area contributed by atoms with Crippen LogP contribution in [0.1, 0.15) is 65.7 Å². The fraction of sp³-hybridized carbons (Fsp3) is 0.333. The summed E-state index contributed by atoms with van der Waals surface area (Å²) in [4.78, 5) is 24.5. The summed E-state index contributed by atoms with van der Waals surface area (Å²) in [7, 11) is 0. The maximum Gasteiger partial charge on any atom is 0.303 e. The Balaban J connectivity index is 1.83. The molecule has 33 heavy (non-hydrogen) atoms. The molecule has 6 nitrogen and oxygen atoms in total. The molecule has 0 bridgehead atoms. The van der Waals surface area contributed by atoms with Crippen LogP contribution >= 0.6 is 0 Å². The summed E-state index contributed by atoms with van der Waals surface area (Å²) >= 11 is 0. The third-order valence-corrected chi connectivity index (χ3v) is 5.29. The second-order valence-electron chi connectivity index (χ2n) is 8.59. The monoisotopic (exact) mass is 449 g/mol. The summed E-state index contributed by atoms with van der Waals surface area (Å²) in [6.45, 7) is 6.36. The predicted octanol–water partition coefficient (Wildman–Crippen LogP) is 5.70. The number of para-hydroxylation sites is 1. The molecule has 0 aliphatic heterocycles. The topological polar surface area (TPSA) is 88.8 Å². The molecule has 1 atom stereocenters. The smallest absolute Gasteiger partial charge is 0.303 e. The van der Waals surface area contributed by atoms with E-state index in [9.17, 15) is 9.59 Å². The average molecular weight is 450 g/mol. The molecule has 2 aromatic carbocycles. The van der Waals surface area contributed by atoms with E-state index in [1.807, 2.05) is 61.5 Å². The van der Waals surface area contributed by atoms with Gasteiger partial charge in [0.15, 0.2) is 0 Å². The van der Waals surface area contributed by atoms with Gasteiger partial charge in [-0.1, -0.05) is 44.2 Å². The zero-order valence-electron chi connectivity index (χ0n) is 19.3. The number of carbonyl (C=O) groups excluding carboxylic acids is 1. The van der Waals surface area contributed by atoms with Gasteiger partial charge in [-0.05, 0) is 67.1 Å². The number of carboxylic acids is 1. The van der Waals surface area contributed by atoms with Gasteiger partial charge in [0.1, 0.15) is 23.9 Å². The van der Waals surface area contributed by atoms with Crippen molar-refractivity contribution in [1.82, 2.24) is 5.32 Å². The maximum absolute atomic E-state index is 13.4. The SMILES string of the molecule is Cc1ccc(C(CC(C)C)NC(=O)c2cc(COc3ccccc3)ccc2CCC(=O)O)o1. The second kappa shape index (κ2) is 11.4. The molecule has 0 fully saturated rings. The Kier molecular flexibility index (Phi) is 8.30. The highest BCUT2D eigenvalue weighted by Gasteiger charge is 2.22. The lowest BCUT2D eigenvalue weighted by molar-refractivity contribution is -0.136. The van der Waals surface area contributed by atoms with Crippen molar-refractivity contribution < 1.29 is 23.8 Å². The zero-order chi connectivity index (χ0) is 23.8. The highest BCUT2D eigenvalue weighted by Crippen LogP contribution is 2.25. The summed E-state index contributed by atoms with van der Waals surface area (Å²) in [5.41, 5.74) is 1.98. The number of ether oxygens (including phenoxy) is 1. The minimum absolute atomic E-state index is 0.0487. The first-order valence-corrected chi connectivity index (χ1v) is 11.2. The molecule has 1 aromatic heterocycles. The largest absolute Gasteiger partial charge is 0.489 e. The van der Waals surface area contributed by atoms with Crippen LogP contribution in [0.4, 0.5) is 0 Å². The molecule has 0 spiro atoms. The average Bonchev–Trinajstić information content (AvgIpc) is 3.22. The van der Waals surface area contributed by atoms with Crippen LogP contribution in [0.15, 0.2) is 65.1 Å². The number of nitrogens with one attached hydrogen (secondary N) is 1. The van der Waals surface area contributed by atoms with Gasteiger partial charge in [-0.3, -0.25) is 9.59 Å². The van der Waals surface area contributed by atoms with E-state index in [2.05, 4.69) is 19.2 Å². The number of aryl methyl sites for hydroxylation is 2. The van der Waals surface area contributed by atoms with Gasteiger partial charge in [0, 0.05) is 12.0 Å². The van der Waals surface area contributed by atoms with Crippen molar-refractivity contribution in [3.63, 3.8) is 0 Å². The maximum atomic E-state index is 13.4. The number of carboxylic acid groups (broad SMARTS) is 1. The molecule has 1 heterocycles. The molecule has 2 N–H and O–H groups in total. The number of benzene rings is 2. The molecule has 0 saturated carbocycles. The number of rotatable bonds is 11. The Morgan fingerprint density at radius 3 is 2.45 bits per heavy atom. The molecular formula is C27H31NO5. The normalized spacial score (nSPS) is 11.9. The molecule has 0 radical (unpaired) electrons. The molecular weight excluding hydrogens is 418 g/mol. The Morgan fingerprint density at radius 1 is 1.06 bits per heavy atom. The number of hydrogen-bond acceptors (Lipinski definition) is 4. The van der Waals surface area contributed by atoms with Gasteiger partial charge in [0.05, 0.1) is 6.04 Å². The summed E-state index contributed by atoms with van der Waals surface area (Å²) < 4.78 is 11.6. The first kappa shape index (κ1) is 24.1. The molecule has 3 rings (SSSR count). The van der Waals surface area contributed by atoms with Gasteiger partial charge in [-0.25, -0.2) is 0 Å². The van der Waals surface area contributed by atoms with E-state index < -0.39 is 5.97 Å². The van der Waals surface area contributed by atoms with Crippen LogP contribution in [-0.2, 0) is 17.8 Å². The number of hydrogen-bond donors (Lipinski definition) is 2. The van der Waals surface area contributed by atoms with Crippen LogP contribution in [0.5, 0.6) is 5.75 Å². The first-order chi connectivity index (χ1) is 15.8. The van der Waals surface area contributed by atoms with Crippen LogP contribution in [0.3, 0.4) is 0 Å². The van der Waals surface area contributed by atoms with E-state index in [1.165, 1.54) is 0 Å². The van der Waals surface area contributed by atoms with Crippen molar-refractivity contribution >= 4 is 11.9 Å². The Morgan fingerprint density at radius 2 is 1.82 bits per heavy atom. The van der Waals surface area contributed by atoms with Crippen LogP contribution in [0.2, 0.25) is 0 Å². The number of amides is 1. The Hall–Kier alpha value is -3.54. The van der Waals surface area contributed by atoms with Gasteiger partial charge < -0.3 is 19.6 Å². The van der Waals surface area contributed by atoms with Crippen LogP contribution in [0, 0.1) is 12.8 Å². The van der Waals surface area contributed by atoms with Crippen LogP contribution in [0.25, 0.3) is 0 Å². The minimum atomic E-state index is -0.901. The number of furan rings is 1. The standard InChI is InChI=1S/C27H31NO5/c1-18(2)15-24(25-13-9-19(3)33-25)28-27(31)23-16-20(10-11-21(23)12-14-26(29)30)17-32-22-7-5-4-6-8-22/h4-11,13,16,18,24H,12,14-15,17H2,1-3H3,(H,28,31)(H,29,30). The predicted molar refractivity (Wildman–Crippen MR) is 126 cm³/mol. The van der Waals surface area contributed by atoms with Gasteiger partial charge in [-0.15, -0.1) is 0 Å². The fourth-order valence-corrected chi connectivity index (χ4v) is 3.66. The summed E-state index contributed by atoms with van der Waals surface area (Å²) in [5.74, 6) is 1.43. The van der Waals surface area contributed by atoms with E-state index in [4.69, 9.17) is 14.3 Å². The molecule has 174 valence electrons. The quantitative estimate of drug-likeness (QED) is 0.392. The van der Waals surface area contributed by atoms with Crippen molar-refractivity contribution in [2.24, 2.45) is 5.92 Å². The molecule has 0 saturated heterocycles. The second-order valence-corrected chi connectivity index (χ2v) is 8.59. The molecule has 1 amide bonds. The lowest BCUT2D eigenvalue weighted by Gasteiger charge is -2.20.